The monoisotopic (exact) mass is 678 g/mol. The van der Waals surface area contributed by atoms with Crippen LogP contribution in [0.2, 0.25) is 0 Å². The van der Waals surface area contributed by atoms with Crippen molar-refractivity contribution in [3.63, 3.8) is 0 Å². The molecule has 0 N–H and O–H groups in total. The first-order chi connectivity index (χ1) is 22.6. The first-order valence-corrected chi connectivity index (χ1v) is 20.5. The van der Waals surface area contributed by atoms with Gasteiger partial charge in [-0.3, -0.25) is 9.05 Å². The lowest BCUT2D eigenvalue weighted by atomic mass is 9.73. The summed E-state index contributed by atoms with van der Waals surface area (Å²) in [4.78, 5) is 0. The molecule has 0 bridgehead atoms. The van der Waals surface area contributed by atoms with Crippen molar-refractivity contribution in [3.8, 4) is 11.5 Å². The number of benzene rings is 3. The summed E-state index contributed by atoms with van der Waals surface area (Å²) in [6, 6.07) is 23.2. The molecule has 3 aromatic rings. The molecule has 8 heteroatoms. The van der Waals surface area contributed by atoms with Gasteiger partial charge in [0.05, 0.1) is 25.5 Å². The van der Waals surface area contributed by atoms with Crippen LogP contribution in [0.15, 0.2) is 96.6 Å². The van der Waals surface area contributed by atoms with Crippen molar-refractivity contribution >= 4 is 15.2 Å². The Balaban J connectivity index is 1.93. The van der Waals surface area contributed by atoms with Crippen LogP contribution in [0.25, 0.3) is 0 Å². The first kappa shape index (κ1) is 36.9. The summed E-state index contributed by atoms with van der Waals surface area (Å²) in [5, 5.41) is 0. The largest absolute Gasteiger partial charge is 0.424 e. The lowest BCUT2D eigenvalue weighted by Gasteiger charge is -2.34. The Morgan fingerprint density at radius 3 is 1.74 bits per heavy atom. The van der Waals surface area contributed by atoms with Crippen molar-refractivity contribution in [1.29, 1.82) is 0 Å². The van der Waals surface area contributed by atoms with E-state index in [-0.39, 0.29) is 37.4 Å². The van der Waals surface area contributed by atoms with Crippen LogP contribution in [0, 0.1) is 5.92 Å². The topological polar surface area (TPSA) is 71.1 Å². The van der Waals surface area contributed by atoms with Gasteiger partial charge in [-0.05, 0) is 88.1 Å². The summed E-state index contributed by atoms with van der Waals surface area (Å²) in [7, 11) is -7.38. The molecule has 0 saturated carbocycles. The number of rotatable bonds is 18. The van der Waals surface area contributed by atoms with Gasteiger partial charge in [-0.15, -0.1) is 0 Å². The van der Waals surface area contributed by atoms with Crippen molar-refractivity contribution < 1.29 is 27.2 Å². The Bertz CT molecular complexity index is 1490. The maximum absolute atomic E-state index is 14.6. The van der Waals surface area contributed by atoms with Gasteiger partial charge in [0.15, 0.2) is 0 Å². The lowest BCUT2D eigenvalue weighted by Crippen LogP contribution is -2.19. The molecule has 0 spiro atoms. The normalized spacial score (nSPS) is 18.9. The average molecular weight is 679 g/mol. The third kappa shape index (κ3) is 10.6. The Morgan fingerprint density at radius 1 is 0.787 bits per heavy atom. The molecule has 1 aliphatic carbocycles. The zero-order chi connectivity index (χ0) is 33.9. The van der Waals surface area contributed by atoms with Gasteiger partial charge in [0.1, 0.15) is 11.5 Å². The molecule has 254 valence electrons. The van der Waals surface area contributed by atoms with Crippen LogP contribution in [-0.4, -0.2) is 13.2 Å². The molecule has 4 rings (SSSR count). The summed E-state index contributed by atoms with van der Waals surface area (Å²) in [5.41, 5.74) is 5.67. The van der Waals surface area contributed by atoms with Gasteiger partial charge in [-0.2, -0.15) is 0 Å². The molecule has 6 nitrogen and oxygen atoms in total. The van der Waals surface area contributed by atoms with Crippen LogP contribution in [0.1, 0.15) is 94.9 Å². The van der Waals surface area contributed by atoms with E-state index < -0.39 is 15.2 Å². The Kier molecular flexibility index (Phi) is 13.8. The zero-order valence-corrected chi connectivity index (χ0v) is 30.6. The second-order valence-corrected chi connectivity index (χ2v) is 16.5. The van der Waals surface area contributed by atoms with Gasteiger partial charge >= 0.3 is 15.2 Å². The molecule has 4 atom stereocenters. The quantitative estimate of drug-likeness (QED) is 0.0757. The molecule has 0 amide bonds. The van der Waals surface area contributed by atoms with Gasteiger partial charge < -0.3 is 9.05 Å². The van der Waals surface area contributed by atoms with Crippen LogP contribution in [0.5, 0.6) is 11.5 Å². The van der Waals surface area contributed by atoms with Crippen LogP contribution in [0.3, 0.4) is 0 Å². The maximum atomic E-state index is 14.6. The summed E-state index contributed by atoms with van der Waals surface area (Å²) >= 11 is 0. The maximum Gasteiger partial charge on any atom is 0.383 e. The molecule has 0 heterocycles. The van der Waals surface area contributed by atoms with E-state index in [2.05, 4.69) is 26.5 Å². The second-order valence-electron chi connectivity index (χ2n) is 12.5. The highest BCUT2D eigenvalue weighted by atomic mass is 31.2. The minimum Gasteiger partial charge on any atom is -0.424 e. The fourth-order valence-corrected chi connectivity index (χ4v) is 9.70. The minimum atomic E-state index is -3.69. The number of aryl methyl sites for hydroxylation is 1. The lowest BCUT2D eigenvalue weighted by molar-refractivity contribution is 0.273. The molecule has 4 unspecified atom stereocenters. The van der Waals surface area contributed by atoms with Crippen molar-refractivity contribution in [1.82, 2.24) is 0 Å². The molecular weight excluding hydrogens is 626 g/mol. The highest BCUT2D eigenvalue weighted by Gasteiger charge is 2.37. The van der Waals surface area contributed by atoms with Crippen molar-refractivity contribution in [3.05, 3.63) is 119 Å². The van der Waals surface area contributed by atoms with Gasteiger partial charge in [0, 0.05) is 11.5 Å². The Morgan fingerprint density at radius 2 is 1.30 bits per heavy atom. The molecule has 0 saturated heterocycles. The highest BCUT2D eigenvalue weighted by Crippen LogP contribution is 2.59. The average Bonchev–Trinajstić information content (AvgIpc) is 3.02. The van der Waals surface area contributed by atoms with E-state index >= 15 is 0 Å². The van der Waals surface area contributed by atoms with Gasteiger partial charge in [-0.25, -0.2) is 9.13 Å². The Labute approximate surface area is 282 Å². The van der Waals surface area contributed by atoms with E-state index in [9.17, 15) is 9.13 Å². The molecule has 0 fully saturated rings. The van der Waals surface area contributed by atoms with E-state index in [1.54, 1.807) is 0 Å². The third-order valence-corrected chi connectivity index (χ3v) is 12.3. The third-order valence-electron chi connectivity index (χ3n) is 8.51. The first-order valence-electron chi connectivity index (χ1n) is 17.0. The van der Waals surface area contributed by atoms with Crippen molar-refractivity contribution in [2.75, 3.05) is 13.2 Å². The van der Waals surface area contributed by atoms with Gasteiger partial charge in [-0.1, -0.05) is 104 Å². The predicted octanol–water partition coefficient (Wildman–Crippen LogP) is 12.1. The van der Waals surface area contributed by atoms with Crippen LogP contribution < -0.4 is 9.05 Å². The fraction of sp³-hybridized carbons (Fsp3) is 0.436. The van der Waals surface area contributed by atoms with E-state index in [0.717, 1.165) is 60.8 Å². The summed E-state index contributed by atoms with van der Waals surface area (Å²) in [6.07, 6.45) is 8.19. The molecule has 0 radical (unpaired) electrons. The summed E-state index contributed by atoms with van der Waals surface area (Å²) in [6.45, 7) is 14.8. The SMILES string of the molecule is C=C(C)C1CCC(C)=CC1c1c(OP(=O)(Cc2ccccc2)OCC)cc(CCCCC)cc1OP(=O)(Cc1ccccc1)OCC. The smallest absolute Gasteiger partial charge is 0.383 e. The predicted molar refractivity (Wildman–Crippen MR) is 194 cm³/mol. The van der Waals surface area contributed by atoms with E-state index in [0.29, 0.717) is 17.1 Å². The number of allylic oxidation sites excluding steroid dienone is 3. The van der Waals surface area contributed by atoms with Crippen LogP contribution in [-0.2, 0) is 36.9 Å². The molecule has 0 aromatic heterocycles. The van der Waals surface area contributed by atoms with Gasteiger partial charge in [0.2, 0.25) is 0 Å². The molecule has 3 aromatic carbocycles. The second kappa shape index (κ2) is 17.5. The van der Waals surface area contributed by atoms with Crippen molar-refractivity contribution in [2.24, 2.45) is 5.92 Å². The molecule has 0 aliphatic heterocycles. The van der Waals surface area contributed by atoms with Crippen LogP contribution in [0.4, 0.5) is 0 Å². The highest BCUT2D eigenvalue weighted by molar-refractivity contribution is 7.53. The summed E-state index contributed by atoms with van der Waals surface area (Å²) in [5.74, 6) is 0.753. The standard InChI is InChI=1S/C39H52O6P2/c1-7-10-13-22-34-26-37(44-46(40,42-8-2)28-32-18-14-11-15-19-32)39(36-25-31(6)23-24-35(36)30(4)5)38(27-34)45-47(41,43-9-3)29-33-20-16-12-17-21-33/h11-12,14-21,25-27,35-36H,4,7-10,13,22-24,28-29H2,1-3,5-6H3. The number of hydrogen-bond acceptors (Lipinski definition) is 6. The zero-order valence-electron chi connectivity index (χ0n) is 28.8. The Hall–Kier alpha value is -2.88. The molecular formula is C39H52O6P2. The molecule has 1 aliphatic rings. The van der Waals surface area contributed by atoms with Crippen molar-refractivity contribution in [2.45, 2.75) is 91.4 Å². The minimum absolute atomic E-state index is 0.0792. The number of unbranched alkanes of at least 4 members (excludes halogenated alkanes) is 2. The van der Waals surface area contributed by atoms with Gasteiger partial charge in [0.25, 0.3) is 0 Å². The van der Waals surface area contributed by atoms with E-state index in [1.165, 1.54) is 5.57 Å². The fourth-order valence-electron chi connectivity index (χ4n) is 6.28. The number of hydrogen-bond donors (Lipinski definition) is 0. The summed E-state index contributed by atoms with van der Waals surface area (Å²) < 4.78 is 54.3. The van der Waals surface area contributed by atoms with Crippen LogP contribution >= 0.6 is 15.2 Å². The van der Waals surface area contributed by atoms with E-state index in [4.69, 9.17) is 18.1 Å². The van der Waals surface area contributed by atoms with E-state index in [1.807, 2.05) is 93.6 Å². The molecule has 47 heavy (non-hydrogen) atoms.